The highest BCUT2D eigenvalue weighted by Crippen LogP contribution is 2.32. The number of hydrogen-bond donors (Lipinski definition) is 2. The zero-order valence-corrected chi connectivity index (χ0v) is 20.5. The number of rotatable bonds is 6. The Bertz CT molecular complexity index is 1020. The number of fused-ring (bicyclic) bond motifs is 2. The van der Waals surface area contributed by atoms with Crippen LogP contribution in [0, 0.1) is 0 Å². The van der Waals surface area contributed by atoms with E-state index in [1.54, 1.807) is 13.8 Å². The minimum atomic E-state index is 0.0819. The van der Waals surface area contributed by atoms with Gasteiger partial charge in [-0.05, 0) is 73.9 Å². The smallest absolute Gasteiger partial charge is 0.220 e. The van der Waals surface area contributed by atoms with Gasteiger partial charge in [-0.3, -0.25) is 19.2 Å². The maximum atomic E-state index is 11.4. The van der Waals surface area contributed by atoms with Crippen molar-refractivity contribution < 1.29 is 19.2 Å². The molecule has 2 atom stereocenters. The van der Waals surface area contributed by atoms with Crippen LogP contribution in [0.15, 0.2) is 36.4 Å². The fraction of sp³-hybridized carbons (Fsp3) is 0.429. The molecule has 0 saturated carbocycles. The van der Waals surface area contributed by atoms with E-state index in [1.807, 2.05) is 50.2 Å². The van der Waals surface area contributed by atoms with Crippen LogP contribution in [0.5, 0.6) is 0 Å². The van der Waals surface area contributed by atoms with Gasteiger partial charge in [0.05, 0.1) is 12.1 Å². The highest BCUT2D eigenvalue weighted by atomic mass is 16.2. The number of carbonyl (C=O) groups excluding carboxylic acids is 4. The molecule has 0 bridgehead atoms. The Kier molecular flexibility index (Phi) is 8.37. The number of hydrogen-bond acceptors (Lipinski definition) is 4. The van der Waals surface area contributed by atoms with Crippen LogP contribution in [0.2, 0.25) is 0 Å². The van der Waals surface area contributed by atoms with Gasteiger partial charge in [0.2, 0.25) is 11.8 Å². The van der Waals surface area contributed by atoms with Gasteiger partial charge in [-0.2, -0.15) is 0 Å². The molecular formula is C28H34N2O4. The predicted molar refractivity (Wildman–Crippen MR) is 132 cm³/mol. The van der Waals surface area contributed by atoms with Crippen molar-refractivity contribution in [1.82, 2.24) is 10.6 Å². The summed E-state index contributed by atoms with van der Waals surface area (Å²) in [5.41, 5.74) is 6.23. The molecule has 6 heteroatoms. The molecule has 0 spiro atoms. The third-order valence-electron chi connectivity index (χ3n) is 6.57. The van der Waals surface area contributed by atoms with Gasteiger partial charge in [0.15, 0.2) is 11.6 Å². The first-order valence-corrected chi connectivity index (χ1v) is 12.1. The van der Waals surface area contributed by atoms with Crippen molar-refractivity contribution in [3.8, 4) is 0 Å². The first kappa shape index (κ1) is 25.3. The van der Waals surface area contributed by atoms with E-state index in [1.165, 1.54) is 11.1 Å². The summed E-state index contributed by atoms with van der Waals surface area (Å²) in [6.45, 7) is 6.86. The van der Waals surface area contributed by atoms with E-state index in [2.05, 4.69) is 10.6 Å². The van der Waals surface area contributed by atoms with Gasteiger partial charge in [-0.25, -0.2) is 0 Å². The second-order valence-corrected chi connectivity index (χ2v) is 8.96. The molecule has 2 aromatic rings. The topological polar surface area (TPSA) is 92.3 Å². The molecule has 2 amide bonds. The zero-order chi connectivity index (χ0) is 24.8. The summed E-state index contributed by atoms with van der Waals surface area (Å²) in [6, 6.07) is 11.8. The highest BCUT2D eigenvalue weighted by Gasteiger charge is 2.25. The Morgan fingerprint density at radius 3 is 1.41 bits per heavy atom. The molecule has 0 heterocycles. The Hall–Kier alpha value is -3.28. The average Bonchev–Trinajstić information content (AvgIpc) is 3.42. The van der Waals surface area contributed by atoms with E-state index in [4.69, 9.17) is 0 Å². The van der Waals surface area contributed by atoms with Crippen LogP contribution in [0.25, 0.3) is 0 Å². The lowest BCUT2D eigenvalue weighted by Gasteiger charge is -2.13. The number of carbonyl (C=O) groups is 4. The summed E-state index contributed by atoms with van der Waals surface area (Å²) in [5.74, 6) is 0.347. The van der Waals surface area contributed by atoms with Crippen molar-refractivity contribution in [2.45, 2.75) is 78.3 Å². The van der Waals surface area contributed by atoms with E-state index >= 15 is 0 Å². The van der Waals surface area contributed by atoms with Crippen molar-refractivity contribution in [3.05, 3.63) is 69.8 Å². The molecule has 0 fully saturated rings. The number of Topliss-reactive ketones (excluding diaryl/α,β-unsaturated/α-hetero) is 2. The van der Waals surface area contributed by atoms with Gasteiger partial charge in [-0.15, -0.1) is 0 Å². The lowest BCUT2D eigenvalue weighted by Crippen LogP contribution is -2.26. The molecule has 2 aromatic carbocycles. The minimum absolute atomic E-state index is 0.0819. The van der Waals surface area contributed by atoms with E-state index in [0.29, 0.717) is 12.8 Å². The molecule has 2 unspecified atom stereocenters. The summed E-state index contributed by atoms with van der Waals surface area (Å²) in [5, 5.41) is 6.02. The largest absolute Gasteiger partial charge is 0.349 e. The van der Waals surface area contributed by atoms with Crippen LogP contribution >= 0.6 is 0 Å². The molecule has 0 saturated heterocycles. The molecule has 2 aliphatic rings. The molecule has 4 rings (SSSR count). The van der Waals surface area contributed by atoms with Gasteiger partial charge in [-0.1, -0.05) is 38.1 Å². The third kappa shape index (κ3) is 5.99. The first-order valence-electron chi connectivity index (χ1n) is 12.1. The molecule has 2 aliphatic carbocycles. The first-order chi connectivity index (χ1) is 16.2. The van der Waals surface area contributed by atoms with E-state index in [0.717, 1.165) is 47.9 Å². The monoisotopic (exact) mass is 462 g/mol. The lowest BCUT2D eigenvalue weighted by atomic mass is 10.0. The summed E-state index contributed by atoms with van der Waals surface area (Å²) in [6.07, 6.45) is 4.76. The van der Waals surface area contributed by atoms with Gasteiger partial charge in [0.1, 0.15) is 0 Å². The second-order valence-electron chi connectivity index (χ2n) is 8.96. The molecule has 0 aromatic heterocycles. The van der Waals surface area contributed by atoms with Gasteiger partial charge >= 0.3 is 0 Å². The maximum absolute atomic E-state index is 11.4. The van der Waals surface area contributed by atoms with Gasteiger partial charge in [0.25, 0.3) is 0 Å². The molecule has 0 aliphatic heterocycles. The van der Waals surface area contributed by atoms with Crippen LogP contribution in [0.4, 0.5) is 0 Å². The molecule has 6 nitrogen and oxygen atoms in total. The number of ketones is 2. The Morgan fingerprint density at radius 1 is 0.706 bits per heavy atom. The highest BCUT2D eigenvalue weighted by molar-refractivity contribution is 5.95. The second kappa shape index (κ2) is 11.2. The Morgan fingerprint density at radius 2 is 1.09 bits per heavy atom. The SMILES string of the molecule is CCC(=O)NC1CCc2cc(C(C)=O)ccc21.CCC(=O)NC1CCc2cc(C(C)=O)ccc21. The fourth-order valence-corrected chi connectivity index (χ4v) is 4.57. The van der Waals surface area contributed by atoms with Crippen LogP contribution < -0.4 is 10.6 Å². The minimum Gasteiger partial charge on any atom is -0.349 e. The molecule has 34 heavy (non-hydrogen) atoms. The van der Waals surface area contributed by atoms with Crippen LogP contribution in [0.1, 0.15) is 108 Å². The third-order valence-corrected chi connectivity index (χ3v) is 6.57. The average molecular weight is 463 g/mol. The van der Waals surface area contributed by atoms with Crippen molar-refractivity contribution >= 4 is 23.4 Å². The maximum Gasteiger partial charge on any atom is 0.220 e. The summed E-state index contributed by atoms with van der Waals surface area (Å²) >= 11 is 0. The summed E-state index contributed by atoms with van der Waals surface area (Å²) in [4.78, 5) is 45.3. The Balaban J connectivity index is 0.000000191. The number of nitrogens with one attached hydrogen (secondary N) is 2. The standard InChI is InChI=1S/2C14H17NO2/c2*1-3-14(17)15-13-7-5-11-8-10(9(2)16)4-6-12(11)13/h2*4,6,8,13H,3,5,7H2,1-2H3,(H,15,17). The fourth-order valence-electron chi connectivity index (χ4n) is 4.57. The zero-order valence-electron chi connectivity index (χ0n) is 20.5. The van der Waals surface area contributed by atoms with Crippen molar-refractivity contribution in [2.75, 3.05) is 0 Å². The number of amides is 2. The van der Waals surface area contributed by atoms with Crippen molar-refractivity contribution in [1.29, 1.82) is 0 Å². The van der Waals surface area contributed by atoms with Crippen LogP contribution in [-0.4, -0.2) is 23.4 Å². The Labute approximate surface area is 201 Å². The van der Waals surface area contributed by atoms with Gasteiger partial charge in [0, 0.05) is 24.0 Å². The van der Waals surface area contributed by atoms with Gasteiger partial charge < -0.3 is 10.6 Å². The van der Waals surface area contributed by atoms with Crippen LogP contribution in [-0.2, 0) is 22.4 Å². The molecule has 0 radical (unpaired) electrons. The number of benzene rings is 2. The van der Waals surface area contributed by atoms with Crippen molar-refractivity contribution in [2.24, 2.45) is 0 Å². The van der Waals surface area contributed by atoms with Crippen LogP contribution in [0.3, 0.4) is 0 Å². The van der Waals surface area contributed by atoms with E-state index in [9.17, 15) is 19.2 Å². The number of aryl methyl sites for hydroxylation is 2. The normalized spacial score (nSPS) is 17.6. The lowest BCUT2D eigenvalue weighted by molar-refractivity contribution is -0.122. The molecule has 180 valence electrons. The predicted octanol–water partition coefficient (Wildman–Crippen LogP) is 4.81. The quantitative estimate of drug-likeness (QED) is 0.603. The van der Waals surface area contributed by atoms with Crippen molar-refractivity contribution in [3.63, 3.8) is 0 Å². The molecule has 2 N–H and O–H groups in total. The summed E-state index contributed by atoms with van der Waals surface area (Å²) in [7, 11) is 0. The van der Waals surface area contributed by atoms with E-state index in [-0.39, 0.29) is 35.5 Å². The van der Waals surface area contributed by atoms with E-state index < -0.39 is 0 Å². The summed E-state index contributed by atoms with van der Waals surface area (Å²) < 4.78 is 0. The molecular weight excluding hydrogens is 428 g/mol.